The predicted molar refractivity (Wildman–Crippen MR) is 84.3 cm³/mol. The summed E-state index contributed by atoms with van der Waals surface area (Å²) in [6, 6.07) is 9.48. The monoisotopic (exact) mass is 327 g/mol. The molecule has 0 radical (unpaired) electrons. The maximum atomic E-state index is 11.9. The average molecular weight is 328 g/mol. The molecule has 1 aromatic carbocycles. The Labute approximate surface area is 123 Å². The number of halogens is 1. The van der Waals surface area contributed by atoms with Gasteiger partial charge in [-0.05, 0) is 19.3 Å². The molecule has 0 amide bonds. The molecular weight excluding hydrogens is 310 g/mol. The maximum Gasteiger partial charge on any atom is 0.173 e. The summed E-state index contributed by atoms with van der Waals surface area (Å²) < 4.78 is 0. The fourth-order valence-electron chi connectivity index (χ4n) is 1.82. The van der Waals surface area contributed by atoms with Gasteiger partial charge in [-0.25, -0.2) is 0 Å². The van der Waals surface area contributed by atoms with Crippen LogP contribution >= 0.6 is 28.7 Å². The van der Waals surface area contributed by atoms with Gasteiger partial charge in [-0.3, -0.25) is 9.79 Å². The molecule has 0 aromatic heterocycles. The molecule has 0 N–H and O–H groups in total. The number of ketones is 1. The Kier molecular flexibility index (Phi) is 7.28. The lowest BCUT2D eigenvalue weighted by Gasteiger charge is -2.03. The van der Waals surface area contributed by atoms with E-state index in [0.717, 1.165) is 23.6 Å². The van der Waals surface area contributed by atoms with Crippen molar-refractivity contribution in [3.05, 3.63) is 35.9 Å². The minimum absolute atomic E-state index is 0. The molecule has 98 valence electrons. The van der Waals surface area contributed by atoms with Crippen molar-refractivity contribution in [2.75, 3.05) is 12.3 Å². The Morgan fingerprint density at radius 2 is 1.94 bits per heavy atom. The van der Waals surface area contributed by atoms with Gasteiger partial charge in [0.2, 0.25) is 0 Å². The van der Waals surface area contributed by atoms with Gasteiger partial charge in [0.05, 0.1) is 10.8 Å². The van der Waals surface area contributed by atoms with Gasteiger partial charge in [-0.1, -0.05) is 36.8 Å². The minimum atomic E-state index is 0. The predicted octanol–water partition coefficient (Wildman–Crippen LogP) is 4.15. The van der Waals surface area contributed by atoms with Crippen LogP contribution in [0, 0.1) is 0 Å². The summed E-state index contributed by atoms with van der Waals surface area (Å²) in [5.41, 5.74) is 0.800. The number of carbonyl (C=O) groups is 1. The molecule has 2 nitrogen and oxygen atoms in total. The van der Waals surface area contributed by atoms with E-state index in [1.165, 1.54) is 19.3 Å². The van der Waals surface area contributed by atoms with Crippen molar-refractivity contribution in [3.8, 4) is 0 Å². The molecule has 0 bridgehead atoms. The number of thioether (sulfide) groups is 1. The summed E-state index contributed by atoms with van der Waals surface area (Å²) in [6.07, 6.45) is 4.72. The minimum Gasteiger partial charge on any atom is -0.293 e. The van der Waals surface area contributed by atoms with E-state index < -0.39 is 0 Å². The first-order chi connectivity index (χ1) is 8.36. The quantitative estimate of drug-likeness (QED) is 0.780. The number of benzene rings is 1. The topological polar surface area (TPSA) is 29.4 Å². The van der Waals surface area contributed by atoms with E-state index in [-0.39, 0.29) is 22.8 Å². The van der Waals surface area contributed by atoms with E-state index in [0.29, 0.717) is 5.75 Å². The second-order valence-electron chi connectivity index (χ2n) is 4.16. The highest BCUT2D eigenvalue weighted by atomic mass is 79.9. The summed E-state index contributed by atoms with van der Waals surface area (Å²) in [4.78, 5) is 16.4. The second-order valence-corrected chi connectivity index (χ2v) is 5.21. The van der Waals surface area contributed by atoms with Crippen LogP contribution in [-0.4, -0.2) is 23.1 Å². The van der Waals surface area contributed by atoms with Gasteiger partial charge >= 0.3 is 0 Å². The lowest BCUT2D eigenvalue weighted by molar-refractivity contribution is 0.102. The second kappa shape index (κ2) is 8.48. The number of hydrogen-bond donors (Lipinski definition) is 0. The molecule has 2 rings (SSSR count). The molecule has 1 aliphatic rings. The van der Waals surface area contributed by atoms with Crippen molar-refractivity contribution in [1.29, 1.82) is 0 Å². The molecule has 1 aliphatic heterocycles. The van der Waals surface area contributed by atoms with E-state index in [4.69, 9.17) is 0 Å². The van der Waals surface area contributed by atoms with Gasteiger partial charge < -0.3 is 0 Å². The summed E-state index contributed by atoms with van der Waals surface area (Å²) in [5.74, 6) is 0.714. The fraction of sp³-hybridized carbons (Fsp3) is 0.429. The Balaban J connectivity index is 0.00000162. The van der Waals surface area contributed by atoms with Crippen LogP contribution in [0.5, 0.6) is 0 Å². The highest BCUT2D eigenvalue weighted by Gasteiger charge is 2.09. The van der Waals surface area contributed by atoms with E-state index >= 15 is 0 Å². The van der Waals surface area contributed by atoms with Gasteiger partial charge in [-0.2, -0.15) is 0 Å². The van der Waals surface area contributed by atoms with E-state index in [9.17, 15) is 4.79 Å². The highest BCUT2D eigenvalue weighted by Crippen LogP contribution is 2.17. The third-order valence-electron chi connectivity index (χ3n) is 2.80. The smallest absolute Gasteiger partial charge is 0.173 e. The normalized spacial score (nSPS) is 15.2. The molecular formula is C14H18BrNOS. The van der Waals surface area contributed by atoms with Crippen LogP contribution < -0.4 is 0 Å². The molecule has 1 aromatic rings. The van der Waals surface area contributed by atoms with Crippen molar-refractivity contribution in [3.63, 3.8) is 0 Å². The van der Waals surface area contributed by atoms with Gasteiger partial charge in [0.25, 0.3) is 0 Å². The van der Waals surface area contributed by atoms with Gasteiger partial charge in [0.1, 0.15) is 0 Å². The molecule has 1 heterocycles. The Morgan fingerprint density at radius 3 is 2.72 bits per heavy atom. The zero-order valence-electron chi connectivity index (χ0n) is 10.3. The Hall–Kier alpha value is -0.610. The van der Waals surface area contributed by atoms with Crippen LogP contribution in [0.4, 0.5) is 0 Å². The van der Waals surface area contributed by atoms with Crippen LogP contribution in [0.3, 0.4) is 0 Å². The molecule has 0 saturated heterocycles. The van der Waals surface area contributed by atoms with E-state index in [1.807, 2.05) is 30.3 Å². The zero-order chi connectivity index (χ0) is 11.9. The molecule has 18 heavy (non-hydrogen) atoms. The van der Waals surface area contributed by atoms with Crippen LogP contribution in [0.25, 0.3) is 0 Å². The standard InChI is InChI=1S/C14H17NOS.BrH/c16-13(12-7-3-1-4-8-12)11-17-14-9-5-2-6-10-15-14;/h1,3-4,7-8H,2,5-6,9-11H2;1H. The highest BCUT2D eigenvalue weighted by molar-refractivity contribution is 8.93. The maximum absolute atomic E-state index is 11.9. The van der Waals surface area contributed by atoms with Crippen molar-refractivity contribution in [2.24, 2.45) is 4.99 Å². The number of carbonyl (C=O) groups excluding carboxylic acids is 1. The Bertz CT molecular complexity index is 406. The van der Waals surface area contributed by atoms with Gasteiger partial charge in [0.15, 0.2) is 5.78 Å². The summed E-state index contributed by atoms with van der Waals surface area (Å²) in [5, 5.41) is 1.16. The molecule has 0 saturated carbocycles. The first-order valence-electron chi connectivity index (χ1n) is 6.10. The molecule has 0 fully saturated rings. The molecule has 4 heteroatoms. The van der Waals surface area contributed by atoms with Gasteiger partial charge in [0, 0.05) is 12.1 Å². The first kappa shape index (κ1) is 15.4. The first-order valence-corrected chi connectivity index (χ1v) is 7.09. The summed E-state index contributed by atoms with van der Waals surface area (Å²) in [7, 11) is 0. The average Bonchev–Trinajstić information content (AvgIpc) is 2.65. The summed E-state index contributed by atoms with van der Waals surface area (Å²) >= 11 is 1.61. The van der Waals surface area contributed by atoms with Crippen LogP contribution in [0.1, 0.15) is 36.0 Å². The Morgan fingerprint density at radius 1 is 1.17 bits per heavy atom. The SMILES string of the molecule is Br.O=C(CSC1=NCCCCC1)c1ccccc1. The van der Waals surface area contributed by atoms with Crippen molar-refractivity contribution < 1.29 is 4.79 Å². The summed E-state index contributed by atoms with van der Waals surface area (Å²) in [6.45, 7) is 0.932. The van der Waals surface area contributed by atoms with Crippen molar-refractivity contribution >= 4 is 39.6 Å². The number of nitrogens with zero attached hydrogens (tertiary/aromatic N) is 1. The number of Topliss-reactive ketones (excluding diaryl/α,β-unsaturated/α-hetero) is 1. The molecule has 0 spiro atoms. The molecule has 0 aliphatic carbocycles. The van der Waals surface area contributed by atoms with Gasteiger partial charge in [-0.15, -0.1) is 28.7 Å². The number of hydrogen-bond acceptors (Lipinski definition) is 3. The zero-order valence-corrected chi connectivity index (χ0v) is 12.8. The number of rotatable bonds is 3. The van der Waals surface area contributed by atoms with Crippen LogP contribution in [-0.2, 0) is 0 Å². The van der Waals surface area contributed by atoms with E-state index in [1.54, 1.807) is 11.8 Å². The molecule has 0 atom stereocenters. The fourth-order valence-corrected chi connectivity index (χ4v) is 2.76. The third kappa shape index (κ3) is 4.94. The lowest BCUT2D eigenvalue weighted by atomic mass is 10.2. The third-order valence-corrected chi connectivity index (χ3v) is 3.88. The lowest BCUT2D eigenvalue weighted by Crippen LogP contribution is -2.05. The molecule has 0 unspecified atom stereocenters. The van der Waals surface area contributed by atoms with Crippen LogP contribution in [0.2, 0.25) is 0 Å². The van der Waals surface area contributed by atoms with Crippen LogP contribution in [0.15, 0.2) is 35.3 Å². The van der Waals surface area contributed by atoms with E-state index in [2.05, 4.69) is 4.99 Å². The number of aliphatic imine (C=N–C) groups is 1. The van der Waals surface area contributed by atoms with Crippen molar-refractivity contribution in [1.82, 2.24) is 0 Å². The largest absolute Gasteiger partial charge is 0.293 e. The van der Waals surface area contributed by atoms with Crippen molar-refractivity contribution in [2.45, 2.75) is 25.7 Å².